The molecule has 1 aliphatic heterocycles. The number of fused-ring (bicyclic) bond motifs is 1. The number of amides is 2. The van der Waals surface area contributed by atoms with Crippen LogP contribution in [-0.4, -0.2) is 84.3 Å². The minimum atomic E-state index is -0.405. The van der Waals surface area contributed by atoms with Crippen molar-refractivity contribution in [3.63, 3.8) is 0 Å². The number of likely N-dealkylation sites (N-methyl/N-ethyl adjacent to an activating group) is 1. The van der Waals surface area contributed by atoms with E-state index in [-0.39, 0.29) is 42.4 Å². The van der Waals surface area contributed by atoms with Gasteiger partial charge in [-0.2, -0.15) is 0 Å². The zero-order chi connectivity index (χ0) is 25.4. The van der Waals surface area contributed by atoms with Crippen molar-refractivity contribution in [2.75, 3.05) is 40.5 Å². The molecule has 0 radical (unpaired) electrons. The number of nitrogens with zero attached hydrogens (tertiary/aromatic N) is 3. The summed E-state index contributed by atoms with van der Waals surface area (Å²) in [6.07, 6.45) is 1.45. The van der Waals surface area contributed by atoms with E-state index < -0.39 is 12.1 Å². The van der Waals surface area contributed by atoms with Gasteiger partial charge in [-0.15, -0.1) is 0 Å². The zero-order valence-corrected chi connectivity index (χ0v) is 20.7. The number of aliphatic hydroxyl groups excluding tert-OH is 1. The molecule has 0 saturated heterocycles. The fourth-order valence-corrected chi connectivity index (χ4v) is 3.88. The number of methoxy groups -OCH3 is 1. The molecule has 0 bridgehead atoms. The molecule has 2 amide bonds. The summed E-state index contributed by atoms with van der Waals surface area (Å²) in [6.45, 7) is 4.56. The molecule has 3 atom stereocenters. The van der Waals surface area contributed by atoms with Gasteiger partial charge in [-0.25, -0.2) is 4.98 Å². The van der Waals surface area contributed by atoms with Crippen molar-refractivity contribution in [1.29, 1.82) is 0 Å². The Labute approximate surface area is 206 Å². The largest absolute Gasteiger partial charge is 0.472 e. The number of aliphatic hydroxyl groups is 1. The lowest BCUT2D eigenvalue weighted by Crippen LogP contribution is -2.50. The minimum absolute atomic E-state index is 0.0253. The zero-order valence-electron chi connectivity index (χ0n) is 20.7. The van der Waals surface area contributed by atoms with Gasteiger partial charge in [0, 0.05) is 38.4 Å². The summed E-state index contributed by atoms with van der Waals surface area (Å²) >= 11 is 0. The average molecular weight is 480 g/mol. The lowest BCUT2D eigenvalue weighted by Gasteiger charge is -2.37. The predicted octanol–water partition coefficient (Wildman–Crippen LogP) is 2.00. The molecule has 0 aliphatic carbocycles. The van der Waals surface area contributed by atoms with Gasteiger partial charge in [0.1, 0.15) is 18.3 Å². The van der Waals surface area contributed by atoms with E-state index >= 15 is 0 Å². The van der Waals surface area contributed by atoms with Gasteiger partial charge in [0.15, 0.2) is 0 Å². The van der Waals surface area contributed by atoms with E-state index in [1.54, 1.807) is 43.1 Å². The molecule has 35 heavy (non-hydrogen) atoms. The Morgan fingerprint density at radius 2 is 2.11 bits per heavy atom. The fraction of sp³-hybridized carbons (Fsp3) is 0.444. The number of carbonyl (C=O) groups is 2. The van der Waals surface area contributed by atoms with Gasteiger partial charge in [-0.05, 0) is 18.6 Å². The summed E-state index contributed by atoms with van der Waals surface area (Å²) in [5.41, 5.74) is 1.79. The Morgan fingerprint density at radius 3 is 2.80 bits per heavy atom. The summed E-state index contributed by atoms with van der Waals surface area (Å²) in [6, 6.07) is 10.8. The molecule has 1 aromatic heterocycles. The third kappa shape index (κ3) is 6.81. The topological polar surface area (TPSA) is 92.2 Å². The van der Waals surface area contributed by atoms with Crippen LogP contribution in [0.3, 0.4) is 0 Å². The second-order valence-corrected chi connectivity index (χ2v) is 8.87. The summed E-state index contributed by atoms with van der Waals surface area (Å²) < 4.78 is 11.2. The summed E-state index contributed by atoms with van der Waals surface area (Å²) in [7, 11) is 3.31. The van der Waals surface area contributed by atoms with Crippen LogP contribution in [0.1, 0.15) is 35.3 Å². The molecule has 1 aliphatic rings. The highest BCUT2D eigenvalue weighted by Crippen LogP contribution is 2.27. The molecule has 8 nitrogen and oxygen atoms in total. The van der Waals surface area contributed by atoms with Crippen molar-refractivity contribution in [2.24, 2.45) is 5.92 Å². The van der Waals surface area contributed by atoms with Crippen LogP contribution >= 0.6 is 0 Å². The van der Waals surface area contributed by atoms with Crippen molar-refractivity contribution in [3.8, 4) is 17.7 Å². The third-order valence-electron chi connectivity index (χ3n) is 6.05. The highest BCUT2D eigenvalue weighted by molar-refractivity contribution is 5.97. The second-order valence-electron chi connectivity index (χ2n) is 8.87. The molecule has 0 saturated carbocycles. The Hall–Kier alpha value is -3.41. The molecule has 3 rings (SSSR count). The van der Waals surface area contributed by atoms with Crippen molar-refractivity contribution >= 4 is 11.8 Å². The molecule has 0 fully saturated rings. The predicted molar refractivity (Wildman–Crippen MR) is 132 cm³/mol. The SMILES string of the molecule is COCC#Cc1cnc2c(c1)C(=O)N([C@H](C)CO)C[C@H](C)[C@@H](CN(C)C(=O)Cc1ccccc1)O2. The van der Waals surface area contributed by atoms with E-state index in [4.69, 9.17) is 9.47 Å². The summed E-state index contributed by atoms with van der Waals surface area (Å²) in [5, 5.41) is 9.79. The minimum Gasteiger partial charge on any atom is -0.472 e. The molecule has 186 valence electrons. The van der Waals surface area contributed by atoms with Crippen molar-refractivity contribution in [1.82, 2.24) is 14.8 Å². The number of hydrogen-bond donors (Lipinski definition) is 1. The van der Waals surface area contributed by atoms with Crippen LogP contribution in [-0.2, 0) is 16.0 Å². The van der Waals surface area contributed by atoms with E-state index in [0.29, 0.717) is 25.1 Å². The number of ether oxygens (including phenoxy) is 2. The molecular weight excluding hydrogens is 446 g/mol. The van der Waals surface area contributed by atoms with Crippen LogP contribution in [0, 0.1) is 17.8 Å². The van der Waals surface area contributed by atoms with Crippen molar-refractivity contribution < 1.29 is 24.2 Å². The molecule has 1 N–H and O–H groups in total. The van der Waals surface area contributed by atoms with Crippen LogP contribution in [0.15, 0.2) is 42.6 Å². The molecule has 8 heteroatoms. The molecular formula is C27H33N3O5. The molecule has 1 aromatic carbocycles. The van der Waals surface area contributed by atoms with Gasteiger partial charge in [0.25, 0.3) is 5.91 Å². The quantitative estimate of drug-likeness (QED) is 0.611. The molecule has 2 aromatic rings. The smallest absolute Gasteiger partial charge is 0.259 e. The van der Waals surface area contributed by atoms with Crippen LogP contribution in [0.5, 0.6) is 5.88 Å². The van der Waals surface area contributed by atoms with E-state index in [1.807, 2.05) is 37.3 Å². The van der Waals surface area contributed by atoms with Crippen LogP contribution in [0.4, 0.5) is 0 Å². The number of benzene rings is 1. The number of pyridine rings is 1. The van der Waals surface area contributed by atoms with Gasteiger partial charge in [-0.3, -0.25) is 9.59 Å². The highest BCUT2D eigenvalue weighted by atomic mass is 16.5. The van der Waals surface area contributed by atoms with Gasteiger partial charge in [0.05, 0.1) is 25.6 Å². The first-order valence-corrected chi connectivity index (χ1v) is 11.7. The average Bonchev–Trinajstić information content (AvgIpc) is 2.86. The molecule has 0 unspecified atom stereocenters. The van der Waals surface area contributed by atoms with E-state index in [1.165, 1.54) is 0 Å². The number of rotatable bonds is 7. The van der Waals surface area contributed by atoms with Crippen LogP contribution in [0.25, 0.3) is 0 Å². The van der Waals surface area contributed by atoms with Crippen LogP contribution < -0.4 is 4.74 Å². The van der Waals surface area contributed by atoms with Crippen molar-refractivity contribution in [2.45, 2.75) is 32.4 Å². The lowest BCUT2D eigenvalue weighted by atomic mass is 9.99. The lowest BCUT2D eigenvalue weighted by molar-refractivity contribution is -0.130. The van der Waals surface area contributed by atoms with Gasteiger partial charge in [0.2, 0.25) is 11.8 Å². The number of hydrogen-bond acceptors (Lipinski definition) is 6. The standard InChI is InChI=1S/C27H33N3O5/c1-19-16-30(20(2)18-31)27(33)23-13-22(11-8-12-34-4)15-28-26(23)35-24(19)17-29(3)25(32)14-21-9-6-5-7-10-21/h5-7,9-10,13,15,19-20,24,31H,12,14,16-18H2,1-4H3/t19-,20+,24+/m0/s1. The first kappa shape index (κ1) is 26.2. The Bertz CT molecular complexity index is 1080. The normalized spacial score (nSPS) is 18.3. The Morgan fingerprint density at radius 1 is 1.37 bits per heavy atom. The maximum absolute atomic E-state index is 13.4. The first-order valence-electron chi connectivity index (χ1n) is 11.7. The van der Waals surface area contributed by atoms with Gasteiger partial charge < -0.3 is 24.4 Å². The third-order valence-corrected chi connectivity index (χ3v) is 6.05. The van der Waals surface area contributed by atoms with Gasteiger partial charge >= 0.3 is 0 Å². The van der Waals surface area contributed by atoms with Crippen molar-refractivity contribution in [3.05, 3.63) is 59.3 Å². The monoisotopic (exact) mass is 479 g/mol. The van der Waals surface area contributed by atoms with E-state index in [9.17, 15) is 14.7 Å². The second kappa shape index (κ2) is 12.3. The highest BCUT2D eigenvalue weighted by Gasteiger charge is 2.34. The Kier molecular flexibility index (Phi) is 9.24. The van der Waals surface area contributed by atoms with Gasteiger partial charge in [-0.1, -0.05) is 49.1 Å². The Balaban J connectivity index is 1.87. The first-order chi connectivity index (χ1) is 16.8. The number of aromatic nitrogens is 1. The molecule has 2 heterocycles. The summed E-state index contributed by atoms with van der Waals surface area (Å²) in [4.78, 5) is 34.0. The summed E-state index contributed by atoms with van der Waals surface area (Å²) in [5.74, 6) is 5.58. The van der Waals surface area contributed by atoms with E-state index in [2.05, 4.69) is 16.8 Å². The maximum Gasteiger partial charge on any atom is 0.259 e. The molecule has 0 spiro atoms. The number of carbonyl (C=O) groups excluding carboxylic acids is 2. The fourth-order valence-electron chi connectivity index (χ4n) is 3.88. The maximum atomic E-state index is 13.4. The van der Waals surface area contributed by atoms with E-state index in [0.717, 1.165) is 5.56 Å². The van der Waals surface area contributed by atoms with Crippen LogP contribution in [0.2, 0.25) is 0 Å².